The van der Waals surface area contributed by atoms with Crippen LogP contribution >= 0.6 is 0 Å². The lowest BCUT2D eigenvalue weighted by Crippen LogP contribution is -2.08. The van der Waals surface area contributed by atoms with E-state index in [0.717, 1.165) is 24.8 Å². The van der Waals surface area contributed by atoms with Crippen LogP contribution in [0.4, 0.5) is 37.7 Å². The van der Waals surface area contributed by atoms with Crippen molar-refractivity contribution in [1.29, 1.82) is 0 Å². The molecular formula is C22H18F6N6O2. The number of anilines is 1. The first-order chi connectivity index (χ1) is 16.7. The number of rotatable bonds is 3. The molecule has 0 aliphatic heterocycles. The van der Waals surface area contributed by atoms with Crippen molar-refractivity contribution in [2.45, 2.75) is 12.4 Å². The van der Waals surface area contributed by atoms with E-state index in [1.165, 1.54) is 35.4 Å². The highest BCUT2D eigenvalue weighted by atomic mass is 19.4. The fraction of sp³-hybridized carbons (Fsp3) is 0.182. The van der Waals surface area contributed by atoms with E-state index in [4.69, 9.17) is 5.73 Å². The van der Waals surface area contributed by atoms with Crippen molar-refractivity contribution in [3.63, 3.8) is 0 Å². The van der Waals surface area contributed by atoms with Crippen LogP contribution in [-0.2, 0) is 26.4 Å². The molecule has 14 heteroatoms. The second-order valence-electron chi connectivity index (χ2n) is 7.53. The van der Waals surface area contributed by atoms with E-state index >= 15 is 0 Å². The number of alkyl halides is 6. The second kappa shape index (κ2) is 9.71. The van der Waals surface area contributed by atoms with E-state index < -0.39 is 28.7 Å². The van der Waals surface area contributed by atoms with Crippen LogP contribution in [0.3, 0.4) is 0 Å². The molecule has 36 heavy (non-hydrogen) atoms. The molecule has 0 unspecified atom stereocenters. The van der Waals surface area contributed by atoms with E-state index in [9.17, 15) is 36.5 Å². The first kappa shape index (κ1) is 26.2. The van der Waals surface area contributed by atoms with Crippen molar-refractivity contribution in [3.05, 3.63) is 82.7 Å². The minimum absolute atomic E-state index is 0.0394. The summed E-state index contributed by atoms with van der Waals surface area (Å²) in [5.41, 5.74) is 4.50. The minimum Gasteiger partial charge on any atom is -0.399 e. The number of benzene rings is 2. The average Bonchev–Trinajstić information content (AvgIpc) is 3.37. The Balaban J connectivity index is 0.000000202. The summed E-state index contributed by atoms with van der Waals surface area (Å²) in [4.78, 5) is 16.6. The Hall–Kier alpha value is -4.36. The molecule has 2 N–H and O–H groups in total. The molecule has 2 heterocycles. The normalized spacial score (nSPS) is 11.7. The quantitative estimate of drug-likeness (QED) is 0.164. The molecule has 0 saturated carbocycles. The van der Waals surface area contributed by atoms with Crippen molar-refractivity contribution >= 4 is 11.4 Å². The Morgan fingerprint density at radius 2 is 1.11 bits per heavy atom. The molecule has 0 amide bonds. The number of nitrogen functional groups attached to an aromatic ring is 1. The molecule has 190 valence electrons. The molecule has 0 spiro atoms. The highest BCUT2D eigenvalue weighted by Crippen LogP contribution is 2.37. The third-order valence-electron chi connectivity index (χ3n) is 4.95. The fourth-order valence-corrected chi connectivity index (χ4v) is 3.34. The molecule has 0 saturated heterocycles. The molecule has 0 aliphatic rings. The number of nitrogens with two attached hydrogens (primary N) is 1. The first-order valence-electron chi connectivity index (χ1n) is 9.98. The number of halogens is 6. The van der Waals surface area contributed by atoms with Crippen LogP contribution in [0.1, 0.15) is 11.4 Å². The number of nitrogens with zero attached hydrogens (tertiary/aromatic N) is 5. The van der Waals surface area contributed by atoms with Crippen molar-refractivity contribution in [2.24, 2.45) is 14.1 Å². The smallest absolute Gasteiger partial charge is 0.399 e. The number of imidazole rings is 2. The van der Waals surface area contributed by atoms with Crippen molar-refractivity contribution in [1.82, 2.24) is 19.1 Å². The largest absolute Gasteiger partial charge is 0.435 e. The van der Waals surface area contributed by atoms with Crippen LogP contribution in [0.25, 0.3) is 22.5 Å². The third kappa shape index (κ3) is 5.64. The zero-order chi connectivity index (χ0) is 26.8. The van der Waals surface area contributed by atoms with Crippen LogP contribution in [0.2, 0.25) is 0 Å². The van der Waals surface area contributed by atoms with E-state index in [-0.39, 0.29) is 22.6 Å². The molecule has 0 atom stereocenters. The zero-order valence-electron chi connectivity index (χ0n) is 18.7. The van der Waals surface area contributed by atoms with Gasteiger partial charge in [0.1, 0.15) is 0 Å². The molecule has 2 aromatic heterocycles. The molecule has 2 aromatic carbocycles. The highest BCUT2D eigenvalue weighted by Gasteiger charge is 2.38. The van der Waals surface area contributed by atoms with Crippen molar-refractivity contribution in [3.8, 4) is 22.5 Å². The molecule has 0 radical (unpaired) electrons. The van der Waals surface area contributed by atoms with Gasteiger partial charge in [0, 0.05) is 43.0 Å². The van der Waals surface area contributed by atoms with Crippen LogP contribution in [0.15, 0.2) is 61.2 Å². The monoisotopic (exact) mass is 512 g/mol. The van der Waals surface area contributed by atoms with Gasteiger partial charge in [0.05, 0.1) is 29.0 Å². The molecule has 8 nitrogen and oxygen atoms in total. The van der Waals surface area contributed by atoms with Crippen molar-refractivity contribution in [2.75, 3.05) is 5.73 Å². The van der Waals surface area contributed by atoms with Gasteiger partial charge in [-0.25, -0.2) is 9.97 Å². The Morgan fingerprint density at radius 1 is 0.750 bits per heavy atom. The minimum atomic E-state index is -4.57. The summed E-state index contributed by atoms with van der Waals surface area (Å²) >= 11 is 0. The number of aryl methyl sites for hydroxylation is 2. The number of nitro benzene ring substituents is 1. The molecule has 0 fully saturated rings. The SMILES string of the molecule is Cn1cnc(C(F)(F)F)c1-c1ccc(N)cc1.Cn1cnc(C(F)(F)F)c1-c1ccc([N+](=O)[O-])cc1. The van der Waals surface area contributed by atoms with Gasteiger partial charge < -0.3 is 14.9 Å². The lowest BCUT2D eigenvalue weighted by atomic mass is 10.1. The van der Waals surface area contributed by atoms with E-state index in [0.29, 0.717) is 11.3 Å². The lowest BCUT2D eigenvalue weighted by molar-refractivity contribution is -0.384. The van der Waals surface area contributed by atoms with E-state index in [1.54, 1.807) is 24.3 Å². The van der Waals surface area contributed by atoms with E-state index in [2.05, 4.69) is 9.97 Å². The summed E-state index contributed by atoms with van der Waals surface area (Å²) in [5.74, 6) is 0. The van der Waals surface area contributed by atoms with Gasteiger partial charge in [-0.2, -0.15) is 26.3 Å². The summed E-state index contributed by atoms with van der Waals surface area (Å²) in [6.45, 7) is 0. The molecular weight excluding hydrogens is 494 g/mol. The van der Waals surface area contributed by atoms with Crippen LogP contribution in [0.5, 0.6) is 0 Å². The standard InChI is InChI=1S/C11H8F3N3O2.C11H10F3N3/c1-16-6-15-10(11(12,13)14)9(16)7-2-4-8(5-3-7)17(18)19;1-17-6-16-10(11(12,13)14)9(17)7-2-4-8(15)5-3-7/h2-6H,1H3;2-6H,15H2,1H3. The van der Waals surface area contributed by atoms with Crippen LogP contribution < -0.4 is 5.73 Å². The predicted molar refractivity (Wildman–Crippen MR) is 118 cm³/mol. The maximum absolute atomic E-state index is 12.8. The van der Waals surface area contributed by atoms with Gasteiger partial charge in [-0.3, -0.25) is 10.1 Å². The number of hydrogen-bond donors (Lipinski definition) is 1. The van der Waals surface area contributed by atoms with Crippen LogP contribution in [-0.4, -0.2) is 24.0 Å². The van der Waals surface area contributed by atoms with Gasteiger partial charge in [-0.1, -0.05) is 12.1 Å². The van der Waals surface area contributed by atoms with Gasteiger partial charge in [0.2, 0.25) is 0 Å². The van der Waals surface area contributed by atoms with E-state index in [1.807, 2.05) is 0 Å². The Morgan fingerprint density at radius 3 is 1.44 bits per heavy atom. The third-order valence-corrected chi connectivity index (χ3v) is 4.95. The number of aromatic nitrogens is 4. The molecule has 4 rings (SSSR count). The summed E-state index contributed by atoms with van der Waals surface area (Å²) in [6.07, 6.45) is -6.83. The topological polar surface area (TPSA) is 105 Å². The van der Waals surface area contributed by atoms with Crippen molar-refractivity contribution < 1.29 is 31.3 Å². The summed E-state index contributed by atoms with van der Waals surface area (Å²) < 4.78 is 79.1. The predicted octanol–water partition coefficient (Wildman–Crippen LogP) is 5.70. The number of non-ortho nitro benzene ring substituents is 1. The Labute approximate surface area is 199 Å². The maximum Gasteiger partial charge on any atom is 0.435 e. The maximum atomic E-state index is 12.8. The highest BCUT2D eigenvalue weighted by molar-refractivity contribution is 5.66. The van der Waals surface area contributed by atoms with Gasteiger partial charge in [-0.05, 0) is 24.3 Å². The molecule has 0 aliphatic carbocycles. The fourth-order valence-electron chi connectivity index (χ4n) is 3.34. The molecule has 4 aromatic rings. The number of nitro groups is 1. The average molecular weight is 512 g/mol. The summed E-state index contributed by atoms with van der Waals surface area (Å²) in [7, 11) is 2.95. The first-order valence-corrected chi connectivity index (χ1v) is 9.98. The molecule has 0 bridgehead atoms. The summed E-state index contributed by atoms with van der Waals surface area (Å²) in [6, 6.07) is 11.0. The summed E-state index contributed by atoms with van der Waals surface area (Å²) in [5, 5.41) is 10.5. The second-order valence-corrected chi connectivity index (χ2v) is 7.53. The zero-order valence-corrected chi connectivity index (χ0v) is 18.7. The van der Waals surface area contributed by atoms with Gasteiger partial charge in [0.25, 0.3) is 5.69 Å². The van der Waals surface area contributed by atoms with Crippen LogP contribution in [0, 0.1) is 10.1 Å². The Kier molecular flexibility index (Phi) is 7.08. The van der Waals surface area contributed by atoms with Gasteiger partial charge >= 0.3 is 12.4 Å². The van der Waals surface area contributed by atoms with Gasteiger partial charge in [0.15, 0.2) is 11.4 Å². The number of hydrogen-bond acceptors (Lipinski definition) is 5. The lowest BCUT2D eigenvalue weighted by Gasteiger charge is -2.09. The Bertz CT molecular complexity index is 1360. The van der Waals surface area contributed by atoms with Gasteiger partial charge in [-0.15, -0.1) is 0 Å².